The molecule has 0 spiro atoms. The maximum absolute atomic E-state index is 12.8. The lowest BCUT2D eigenvalue weighted by molar-refractivity contribution is 0.409. The Morgan fingerprint density at radius 1 is 1.33 bits per heavy atom. The summed E-state index contributed by atoms with van der Waals surface area (Å²) >= 11 is 0. The molecule has 5 nitrogen and oxygen atoms in total. The molecule has 0 amide bonds. The fourth-order valence-electron chi connectivity index (χ4n) is 2.52. The molecule has 118 valence electrons. The van der Waals surface area contributed by atoms with Crippen molar-refractivity contribution in [3.63, 3.8) is 0 Å². The standard InChI is InChI=1S/C15H24N2O3S/c1-3-17(10-12-4-5-12)21(18,19)15-8-14(20-11(15)2)9-16-13-6-7-13/h8,12-13,16H,3-7,9-10H2,1-2H3. The van der Waals surface area contributed by atoms with E-state index in [2.05, 4.69) is 5.32 Å². The van der Waals surface area contributed by atoms with Gasteiger partial charge in [0.15, 0.2) is 0 Å². The van der Waals surface area contributed by atoms with Gasteiger partial charge < -0.3 is 9.73 Å². The van der Waals surface area contributed by atoms with E-state index in [0.717, 1.165) is 12.8 Å². The third-order valence-electron chi connectivity index (χ3n) is 4.19. The number of hydrogen-bond acceptors (Lipinski definition) is 4. The Hall–Kier alpha value is -0.850. The molecule has 0 atom stereocenters. The summed E-state index contributed by atoms with van der Waals surface area (Å²) in [6.45, 7) is 5.39. The van der Waals surface area contributed by atoms with Gasteiger partial charge >= 0.3 is 0 Å². The molecule has 1 aromatic heterocycles. The first-order chi connectivity index (χ1) is 10.0. The lowest BCUT2D eigenvalue weighted by atomic mass is 10.4. The van der Waals surface area contributed by atoms with Crippen molar-refractivity contribution in [2.75, 3.05) is 13.1 Å². The molecule has 0 radical (unpaired) electrons. The number of sulfonamides is 1. The van der Waals surface area contributed by atoms with Gasteiger partial charge in [-0.15, -0.1) is 0 Å². The molecule has 2 fully saturated rings. The second kappa shape index (κ2) is 5.74. The largest absolute Gasteiger partial charge is 0.464 e. The van der Waals surface area contributed by atoms with Gasteiger partial charge in [-0.2, -0.15) is 4.31 Å². The molecule has 0 bridgehead atoms. The summed E-state index contributed by atoms with van der Waals surface area (Å²) in [5.41, 5.74) is 0. The average Bonchev–Trinajstić information content (AvgIpc) is 3.34. The molecule has 2 aliphatic carbocycles. The van der Waals surface area contributed by atoms with Crippen LogP contribution in [0, 0.1) is 12.8 Å². The molecular formula is C15H24N2O3S. The second-order valence-corrected chi connectivity index (χ2v) is 8.09. The predicted octanol–water partition coefficient (Wildman–Crippen LogP) is 2.26. The molecule has 1 heterocycles. The van der Waals surface area contributed by atoms with Crippen molar-refractivity contribution in [1.29, 1.82) is 0 Å². The Kier molecular flexibility index (Phi) is 4.12. The zero-order chi connectivity index (χ0) is 15.0. The van der Waals surface area contributed by atoms with Gasteiger partial charge in [-0.3, -0.25) is 0 Å². The third-order valence-corrected chi connectivity index (χ3v) is 6.24. The van der Waals surface area contributed by atoms with Crippen LogP contribution in [0.1, 0.15) is 44.1 Å². The summed E-state index contributed by atoms with van der Waals surface area (Å²) in [6.07, 6.45) is 4.70. The first-order valence-electron chi connectivity index (χ1n) is 7.83. The van der Waals surface area contributed by atoms with Gasteiger partial charge in [0, 0.05) is 25.2 Å². The van der Waals surface area contributed by atoms with Gasteiger partial charge in [-0.05, 0) is 38.5 Å². The topological polar surface area (TPSA) is 62.6 Å². The minimum Gasteiger partial charge on any atom is -0.464 e. The Bertz CT molecular complexity index is 600. The second-order valence-electron chi connectivity index (χ2n) is 6.19. The van der Waals surface area contributed by atoms with Crippen molar-refractivity contribution in [3.8, 4) is 0 Å². The van der Waals surface area contributed by atoms with Crippen molar-refractivity contribution in [1.82, 2.24) is 9.62 Å². The van der Waals surface area contributed by atoms with E-state index in [1.165, 1.54) is 12.8 Å². The first kappa shape index (κ1) is 15.1. The van der Waals surface area contributed by atoms with Gasteiger partial charge in [0.1, 0.15) is 16.4 Å². The maximum atomic E-state index is 12.8. The van der Waals surface area contributed by atoms with Crippen molar-refractivity contribution in [3.05, 3.63) is 17.6 Å². The smallest absolute Gasteiger partial charge is 0.246 e. The zero-order valence-electron chi connectivity index (χ0n) is 12.8. The molecular weight excluding hydrogens is 288 g/mol. The fourth-order valence-corrected chi connectivity index (χ4v) is 4.23. The van der Waals surface area contributed by atoms with Crippen LogP contribution < -0.4 is 5.32 Å². The van der Waals surface area contributed by atoms with Crippen LogP contribution in [0.15, 0.2) is 15.4 Å². The SMILES string of the molecule is CCN(CC1CC1)S(=O)(=O)c1cc(CNC2CC2)oc1C. The van der Waals surface area contributed by atoms with Crippen LogP contribution in [0.2, 0.25) is 0 Å². The molecule has 2 aliphatic rings. The molecule has 0 aromatic carbocycles. The van der Waals surface area contributed by atoms with E-state index < -0.39 is 10.0 Å². The van der Waals surface area contributed by atoms with Crippen LogP contribution in [-0.4, -0.2) is 31.9 Å². The van der Waals surface area contributed by atoms with Crippen LogP contribution >= 0.6 is 0 Å². The summed E-state index contributed by atoms with van der Waals surface area (Å²) < 4.78 is 32.7. The van der Waals surface area contributed by atoms with Gasteiger partial charge in [0.2, 0.25) is 10.0 Å². The van der Waals surface area contributed by atoms with E-state index in [1.54, 1.807) is 17.3 Å². The highest BCUT2D eigenvalue weighted by Crippen LogP contribution is 2.32. The van der Waals surface area contributed by atoms with E-state index in [0.29, 0.717) is 48.0 Å². The molecule has 21 heavy (non-hydrogen) atoms. The molecule has 1 aromatic rings. The summed E-state index contributed by atoms with van der Waals surface area (Å²) in [4.78, 5) is 0.331. The minimum absolute atomic E-state index is 0.331. The third kappa shape index (κ3) is 3.49. The number of aryl methyl sites for hydroxylation is 1. The molecule has 0 unspecified atom stereocenters. The van der Waals surface area contributed by atoms with Crippen LogP contribution in [-0.2, 0) is 16.6 Å². The normalized spacial score (nSPS) is 19.4. The lowest BCUT2D eigenvalue weighted by Gasteiger charge is -2.19. The van der Waals surface area contributed by atoms with E-state index in [-0.39, 0.29) is 0 Å². The van der Waals surface area contributed by atoms with Crippen LogP contribution in [0.5, 0.6) is 0 Å². The molecule has 3 rings (SSSR count). The van der Waals surface area contributed by atoms with Gasteiger partial charge in [-0.1, -0.05) is 6.92 Å². The van der Waals surface area contributed by atoms with Gasteiger partial charge in [0.25, 0.3) is 0 Å². The van der Waals surface area contributed by atoms with Crippen molar-refractivity contribution in [2.45, 2.75) is 57.0 Å². The van der Waals surface area contributed by atoms with Crippen molar-refractivity contribution < 1.29 is 12.8 Å². The Balaban J connectivity index is 1.75. The number of hydrogen-bond donors (Lipinski definition) is 1. The Morgan fingerprint density at radius 2 is 2.05 bits per heavy atom. The summed E-state index contributed by atoms with van der Waals surface area (Å²) in [5, 5.41) is 3.35. The number of rotatable bonds is 8. The summed E-state index contributed by atoms with van der Waals surface area (Å²) in [6, 6.07) is 2.27. The van der Waals surface area contributed by atoms with Crippen molar-refractivity contribution in [2.24, 2.45) is 5.92 Å². The van der Waals surface area contributed by atoms with Crippen LogP contribution in [0.25, 0.3) is 0 Å². The summed E-state index contributed by atoms with van der Waals surface area (Å²) in [7, 11) is -3.43. The molecule has 0 aliphatic heterocycles. The lowest BCUT2D eigenvalue weighted by Crippen LogP contribution is -2.32. The molecule has 1 N–H and O–H groups in total. The predicted molar refractivity (Wildman–Crippen MR) is 80.5 cm³/mol. The highest BCUT2D eigenvalue weighted by atomic mass is 32.2. The zero-order valence-corrected chi connectivity index (χ0v) is 13.6. The monoisotopic (exact) mass is 312 g/mol. The first-order valence-corrected chi connectivity index (χ1v) is 9.27. The maximum Gasteiger partial charge on any atom is 0.246 e. The van der Waals surface area contributed by atoms with Crippen LogP contribution in [0.3, 0.4) is 0 Å². The highest BCUT2D eigenvalue weighted by molar-refractivity contribution is 7.89. The molecule has 6 heteroatoms. The fraction of sp³-hybridized carbons (Fsp3) is 0.733. The van der Waals surface area contributed by atoms with Crippen LogP contribution in [0.4, 0.5) is 0 Å². The Morgan fingerprint density at radius 3 is 2.62 bits per heavy atom. The molecule has 2 saturated carbocycles. The summed E-state index contributed by atoms with van der Waals surface area (Å²) in [5.74, 6) is 1.75. The molecule has 0 saturated heterocycles. The number of nitrogens with one attached hydrogen (secondary N) is 1. The number of nitrogens with zero attached hydrogens (tertiary/aromatic N) is 1. The Labute approximate surface area is 126 Å². The van der Waals surface area contributed by atoms with Gasteiger partial charge in [-0.25, -0.2) is 8.42 Å². The van der Waals surface area contributed by atoms with E-state index in [4.69, 9.17) is 4.42 Å². The van der Waals surface area contributed by atoms with Crippen molar-refractivity contribution >= 4 is 10.0 Å². The quantitative estimate of drug-likeness (QED) is 0.800. The average molecular weight is 312 g/mol. The number of furan rings is 1. The van der Waals surface area contributed by atoms with E-state index >= 15 is 0 Å². The minimum atomic E-state index is -3.43. The highest BCUT2D eigenvalue weighted by Gasteiger charge is 2.33. The van der Waals surface area contributed by atoms with E-state index in [9.17, 15) is 8.42 Å². The van der Waals surface area contributed by atoms with E-state index in [1.807, 2.05) is 6.92 Å². The van der Waals surface area contributed by atoms with Gasteiger partial charge in [0.05, 0.1) is 6.54 Å².